The maximum absolute atomic E-state index is 11.9. The molecule has 0 radical (unpaired) electrons. The number of carbonyl (C=O) groups is 1. The van der Waals surface area contributed by atoms with E-state index in [1.54, 1.807) is 0 Å². The smallest absolute Gasteiger partial charge is 0.330 e. The molecule has 0 saturated carbocycles. The van der Waals surface area contributed by atoms with E-state index in [0.717, 1.165) is 10.8 Å². The first-order valence-electron chi connectivity index (χ1n) is 6.42. The lowest BCUT2D eigenvalue weighted by Gasteiger charge is -2.20. The minimum absolute atomic E-state index is 0.146. The second kappa shape index (κ2) is 6.40. The predicted molar refractivity (Wildman–Crippen MR) is 70.5 cm³/mol. The van der Waals surface area contributed by atoms with Crippen molar-refractivity contribution < 1.29 is 29.6 Å². The van der Waals surface area contributed by atoms with E-state index in [9.17, 15) is 19.5 Å². The Labute approximate surface area is 123 Å². The van der Waals surface area contributed by atoms with Crippen LogP contribution >= 0.6 is 0 Å². The van der Waals surface area contributed by atoms with Crippen LogP contribution in [-0.2, 0) is 20.7 Å². The van der Waals surface area contributed by atoms with E-state index in [0.29, 0.717) is 0 Å². The van der Waals surface area contributed by atoms with Crippen LogP contribution in [0.25, 0.3) is 0 Å². The van der Waals surface area contributed by atoms with Crippen molar-refractivity contribution in [3.63, 3.8) is 0 Å². The van der Waals surface area contributed by atoms with Crippen LogP contribution < -0.4 is 11.2 Å². The summed E-state index contributed by atoms with van der Waals surface area (Å²) in [5.74, 6) is -1.24. The zero-order valence-corrected chi connectivity index (χ0v) is 11.6. The number of rotatable bonds is 5. The average Bonchev–Trinajstić information content (AvgIpc) is 2.77. The molecule has 0 aliphatic carbocycles. The first kappa shape index (κ1) is 16.4. The first-order chi connectivity index (χ1) is 10.4. The molecule has 1 aromatic rings. The molecule has 0 amide bonds. The maximum atomic E-state index is 11.9. The molecule has 2 heterocycles. The van der Waals surface area contributed by atoms with Crippen molar-refractivity contribution in [2.45, 2.75) is 31.0 Å². The largest absolute Gasteiger partial charge is 0.481 e. The van der Waals surface area contributed by atoms with Gasteiger partial charge in [-0.3, -0.25) is 19.1 Å². The van der Waals surface area contributed by atoms with Gasteiger partial charge in [-0.1, -0.05) is 0 Å². The van der Waals surface area contributed by atoms with Crippen LogP contribution in [0.5, 0.6) is 0 Å². The lowest BCUT2D eigenvalue weighted by Crippen LogP contribution is -2.40. The zero-order valence-electron chi connectivity index (χ0n) is 11.6. The Kier molecular flexibility index (Phi) is 4.76. The highest BCUT2D eigenvalue weighted by molar-refractivity contribution is 5.69. The predicted octanol–water partition coefficient (Wildman–Crippen LogP) is -2.57. The molecule has 4 N–H and O–H groups in total. The van der Waals surface area contributed by atoms with Gasteiger partial charge in [-0.25, -0.2) is 4.79 Å². The minimum Gasteiger partial charge on any atom is -0.481 e. The third-order valence-corrected chi connectivity index (χ3v) is 3.42. The maximum Gasteiger partial charge on any atom is 0.330 e. The van der Waals surface area contributed by atoms with Gasteiger partial charge in [-0.15, -0.1) is 0 Å². The van der Waals surface area contributed by atoms with E-state index in [-0.39, 0.29) is 5.56 Å². The van der Waals surface area contributed by atoms with Gasteiger partial charge in [-0.2, -0.15) is 0 Å². The summed E-state index contributed by atoms with van der Waals surface area (Å²) in [6.07, 6.45) is -3.73. The number of aromatic nitrogens is 2. The number of hydrogen-bond acceptors (Lipinski definition) is 7. The summed E-state index contributed by atoms with van der Waals surface area (Å²) in [4.78, 5) is 36.2. The summed E-state index contributed by atoms with van der Waals surface area (Å²) in [5.41, 5.74) is -1.79. The van der Waals surface area contributed by atoms with Gasteiger partial charge < -0.3 is 24.8 Å². The molecule has 22 heavy (non-hydrogen) atoms. The van der Waals surface area contributed by atoms with E-state index < -0.39 is 54.8 Å². The quantitative estimate of drug-likeness (QED) is 0.462. The molecule has 1 aliphatic heterocycles. The fourth-order valence-corrected chi connectivity index (χ4v) is 2.35. The molecule has 1 fully saturated rings. The number of nitrogens with one attached hydrogen (secondary N) is 1. The number of ether oxygens (including phenoxy) is 2. The van der Waals surface area contributed by atoms with Crippen LogP contribution in [0.2, 0.25) is 0 Å². The van der Waals surface area contributed by atoms with Crippen LogP contribution in [-0.4, -0.2) is 62.9 Å². The van der Waals surface area contributed by atoms with Gasteiger partial charge in [0.2, 0.25) is 0 Å². The van der Waals surface area contributed by atoms with E-state index >= 15 is 0 Å². The van der Waals surface area contributed by atoms with E-state index in [1.165, 1.54) is 7.11 Å². The molecule has 4 atom stereocenters. The van der Waals surface area contributed by atoms with Gasteiger partial charge >= 0.3 is 11.7 Å². The Hall–Kier alpha value is -2.01. The van der Waals surface area contributed by atoms with Crippen molar-refractivity contribution in [1.29, 1.82) is 0 Å². The number of H-pyrrole nitrogens is 1. The van der Waals surface area contributed by atoms with Crippen LogP contribution in [0, 0.1) is 0 Å². The Morgan fingerprint density at radius 1 is 1.50 bits per heavy atom. The van der Waals surface area contributed by atoms with Crippen LogP contribution in [0.15, 0.2) is 15.8 Å². The van der Waals surface area contributed by atoms with Crippen LogP contribution in [0.1, 0.15) is 11.8 Å². The van der Waals surface area contributed by atoms with Crippen molar-refractivity contribution in [3.8, 4) is 0 Å². The molecular weight excluding hydrogens is 300 g/mol. The molecule has 0 spiro atoms. The summed E-state index contributed by atoms with van der Waals surface area (Å²) in [6, 6.07) is 0. The van der Waals surface area contributed by atoms with E-state index in [1.807, 2.05) is 4.98 Å². The highest BCUT2D eigenvalue weighted by atomic mass is 16.6. The fourth-order valence-electron chi connectivity index (χ4n) is 2.35. The van der Waals surface area contributed by atoms with Crippen molar-refractivity contribution >= 4 is 5.97 Å². The van der Waals surface area contributed by atoms with Crippen LogP contribution in [0.3, 0.4) is 0 Å². The average molecular weight is 316 g/mol. The summed E-state index contributed by atoms with van der Waals surface area (Å²) in [7, 11) is 1.29. The first-order valence-corrected chi connectivity index (χ1v) is 6.42. The van der Waals surface area contributed by atoms with Gasteiger partial charge in [0.25, 0.3) is 5.56 Å². The highest BCUT2D eigenvalue weighted by Crippen LogP contribution is 2.30. The molecule has 0 aromatic carbocycles. The van der Waals surface area contributed by atoms with Gasteiger partial charge in [0.05, 0.1) is 13.0 Å². The Bertz CT molecular complexity index is 666. The van der Waals surface area contributed by atoms with E-state index in [4.69, 9.17) is 19.7 Å². The molecule has 10 heteroatoms. The monoisotopic (exact) mass is 316 g/mol. The molecule has 10 nitrogen and oxygen atoms in total. The number of aliphatic hydroxyl groups excluding tert-OH is 2. The number of carboxylic acids is 1. The Morgan fingerprint density at radius 3 is 2.73 bits per heavy atom. The summed E-state index contributed by atoms with van der Waals surface area (Å²) in [5, 5.41) is 27.9. The van der Waals surface area contributed by atoms with Gasteiger partial charge in [-0.05, 0) is 0 Å². The SMILES string of the molecule is CO[C@@H]1[C@H](O)[C@@H](CO)O[C@H]1n1cc(CC(=O)O)c(=O)[nH]c1=O. The third kappa shape index (κ3) is 2.95. The van der Waals surface area contributed by atoms with Gasteiger partial charge in [0.15, 0.2) is 6.23 Å². The fraction of sp³-hybridized carbons (Fsp3) is 0.583. The number of nitrogens with zero attached hydrogens (tertiary/aromatic N) is 1. The number of aromatic amines is 1. The topological polar surface area (TPSA) is 151 Å². The number of aliphatic carboxylic acids is 1. The van der Waals surface area contributed by atoms with Crippen molar-refractivity contribution in [3.05, 3.63) is 32.6 Å². The summed E-state index contributed by atoms with van der Waals surface area (Å²) >= 11 is 0. The minimum atomic E-state index is -1.24. The Morgan fingerprint density at radius 2 is 2.18 bits per heavy atom. The second-order valence-electron chi connectivity index (χ2n) is 4.83. The van der Waals surface area contributed by atoms with Gasteiger partial charge in [0, 0.05) is 18.9 Å². The third-order valence-electron chi connectivity index (χ3n) is 3.42. The standard InChI is InChI=1S/C12H16N2O8/c1-21-9-8(18)6(4-15)22-11(9)14-3-5(2-7(16)17)10(19)13-12(14)20/h3,6,8-9,11,15,18H,2,4H2,1H3,(H,16,17)(H,13,19,20)/t6-,8-,9-,11-/m1/s1. The number of carboxylic acid groups (broad SMARTS) is 1. The second-order valence-corrected chi connectivity index (χ2v) is 4.83. The van der Waals surface area contributed by atoms with Crippen LogP contribution in [0.4, 0.5) is 0 Å². The van der Waals surface area contributed by atoms with E-state index in [2.05, 4.69) is 0 Å². The van der Waals surface area contributed by atoms with Crippen molar-refractivity contribution in [2.24, 2.45) is 0 Å². The molecule has 0 unspecified atom stereocenters. The normalized spacial score (nSPS) is 28.0. The molecular formula is C12H16N2O8. The number of hydrogen-bond donors (Lipinski definition) is 4. The zero-order chi connectivity index (χ0) is 16.4. The molecule has 2 rings (SSSR count). The lowest BCUT2D eigenvalue weighted by molar-refractivity contribution is -0.136. The molecule has 122 valence electrons. The van der Waals surface area contributed by atoms with Crippen molar-refractivity contribution in [2.75, 3.05) is 13.7 Å². The molecule has 1 saturated heterocycles. The number of aliphatic hydroxyl groups is 2. The molecule has 1 aromatic heterocycles. The van der Waals surface area contributed by atoms with Gasteiger partial charge in [0.1, 0.15) is 18.3 Å². The van der Waals surface area contributed by atoms with Crippen molar-refractivity contribution in [1.82, 2.24) is 9.55 Å². The Balaban J connectivity index is 2.45. The lowest BCUT2D eigenvalue weighted by atomic mass is 10.1. The highest BCUT2D eigenvalue weighted by Gasteiger charge is 2.45. The number of methoxy groups -OCH3 is 1. The molecule has 1 aliphatic rings. The summed E-state index contributed by atoms with van der Waals surface area (Å²) < 4.78 is 11.4. The molecule has 0 bridgehead atoms. The summed E-state index contributed by atoms with van der Waals surface area (Å²) in [6.45, 7) is -0.488.